The fourth-order valence-corrected chi connectivity index (χ4v) is 5.00. The molecule has 3 N–H and O–H groups in total. The number of carbonyl (C=O) groups is 3. The summed E-state index contributed by atoms with van der Waals surface area (Å²) in [4.78, 5) is 37.0. The minimum atomic E-state index is -1.09. The Balaban J connectivity index is 1.64. The molecule has 0 saturated heterocycles. The first-order valence-electron chi connectivity index (χ1n) is 11.1. The van der Waals surface area contributed by atoms with Crippen molar-refractivity contribution in [2.75, 3.05) is 30.6 Å². The van der Waals surface area contributed by atoms with E-state index in [9.17, 15) is 19.5 Å². The van der Waals surface area contributed by atoms with Crippen molar-refractivity contribution in [3.05, 3.63) is 59.7 Å². The van der Waals surface area contributed by atoms with Gasteiger partial charge in [0.25, 0.3) is 0 Å². The van der Waals surface area contributed by atoms with Crippen LogP contribution in [0.25, 0.3) is 11.1 Å². The molecule has 0 spiro atoms. The molecule has 0 bridgehead atoms. The van der Waals surface area contributed by atoms with Gasteiger partial charge in [-0.3, -0.25) is 4.79 Å². The van der Waals surface area contributed by atoms with Crippen LogP contribution in [0, 0.1) is 0 Å². The van der Waals surface area contributed by atoms with Crippen molar-refractivity contribution in [1.82, 2.24) is 10.6 Å². The SMILES string of the molecule is CSCC[C@H](NC(=O)OCC1c2ccccc2-c2ccccc21)C(=O)N[C@H](CCSC)C(=O)O. The lowest BCUT2D eigenvalue weighted by atomic mass is 9.98. The van der Waals surface area contributed by atoms with Gasteiger partial charge < -0.3 is 20.5 Å². The average Bonchev–Trinajstić information content (AvgIpc) is 3.16. The van der Waals surface area contributed by atoms with Crippen LogP contribution in [0.5, 0.6) is 0 Å². The summed E-state index contributed by atoms with van der Waals surface area (Å²) in [5, 5.41) is 14.6. The molecule has 7 nitrogen and oxygen atoms in total. The molecule has 34 heavy (non-hydrogen) atoms. The number of ether oxygens (including phenoxy) is 1. The molecule has 3 rings (SSSR count). The minimum Gasteiger partial charge on any atom is -0.480 e. The Morgan fingerprint density at radius 2 is 1.41 bits per heavy atom. The molecule has 2 aromatic carbocycles. The normalized spacial score (nSPS) is 13.9. The van der Waals surface area contributed by atoms with E-state index in [4.69, 9.17) is 4.74 Å². The van der Waals surface area contributed by atoms with E-state index in [1.807, 2.05) is 48.9 Å². The van der Waals surface area contributed by atoms with Crippen molar-refractivity contribution in [3.8, 4) is 11.1 Å². The molecule has 0 heterocycles. The zero-order valence-corrected chi connectivity index (χ0v) is 20.9. The van der Waals surface area contributed by atoms with Crippen LogP contribution < -0.4 is 10.6 Å². The molecular formula is C25H30N2O5S2. The topological polar surface area (TPSA) is 105 Å². The van der Waals surface area contributed by atoms with Gasteiger partial charge in [0.1, 0.15) is 18.7 Å². The summed E-state index contributed by atoms with van der Waals surface area (Å²) in [6, 6.07) is 14.2. The number of thioether (sulfide) groups is 2. The third-order valence-corrected chi connectivity index (χ3v) is 7.08. The predicted molar refractivity (Wildman–Crippen MR) is 138 cm³/mol. The lowest BCUT2D eigenvalue weighted by Crippen LogP contribution is -2.52. The molecule has 0 aromatic heterocycles. The van der Waals surface area contributed by atoms with Crippen molar-refractivity contribution in [2.45, 2.75) is 30.8 Å². The Morgan fingerprint density at radius 1 is 0.882 bits per heavy atom. The number of amides is 2. The van der Waals surface area contributed by atoms with Crippen LogP contribution >= 0.6 is 23.5 Å². The first kappa shape index (κ1) is 26.0. The van der Waals surface area contributed by atoms with Gasteiger partial charge in [0.15, 0.2) is 0 Å². The number of carbonyl (C=O) groups excluding carboxylic acids is 2. The smallest absolute Gasteiger partial charge is 0.407 e. The minimum absolute atomic E-state index is 0.0837. The van der Waals surface area contributed by atoms with E-state index in [1.165, 1.54) is 11.8 Å². The highest BCUT2D eigenvalue weighted by Crippen LogP contribution is 2.44. The first-order valence-corrected chi connectivity index (χ1v) is 13.9. The summed E-state index contributed by atoms with van der Waals surface area (Å²) in [6.45, 7) is 0.141. The van der Waals surface area contributed by atoms with E-state index < -0.39 is 30.1 Å². The van der Waals surface area contributed by atoms with Gasteiger partial charge in [0.2, 0.25) is 5.91 Å². The van der Waals surface area contributed by atoms with Gasteiger partial charge in [-0.25, -0.2) is 9.59 Å². The Kier molecular flexibility index (Phi) is 9.71. The number of hydrogen-bond donors (Lipinski definition) is 3. The fraction of sp³-hybridized carbons (Fsp3) is 0.400. The highest BCUT2D eigenvalue weighted by molar-refractivity contribution is 7.98. The van der Waals surface area contributed by atoms with E-state index in [0.717, 1.165) is 22.3 Å². The number of hydrogen-bond acceptors (Lipinski definition) is 6. The summed E-state index contributed by atoms with van der Waals surface area (Å²) < 4.78 is 5.56. The van der Waals surface area contributed by atoms with Crippen molar-refractivity contribution in [2.24, 2.45) is 0 Å². The highest BCUT2D eigenvalue weighted by atomic mass is 32.2. The summed E-state index contributed by atoms with van der Waals surface area (Å²) >= 11 is 3.05. The number of aliphatic carboxylic acids is 1. The molecule has 0 unspecified atom stereocenters. The zero-order chi connectivity index (χ0) is 24.5. The van der Waals surface area contributed by atoms with Gasteiger partial charge in [0.05, 0.1) is 0 Å². The van der Waals surface area contributed by atoms with Crippen molar-refractivity contribution in [1.29, 1.82) is 0 Å². The third kappa shape index (κ3) is 6.48. The number of benzene rings is 2. The standard InChI is InChI=1S/C25H30N2O5S2/c1-33-13-11-21(23(28)26-22(24(29)30)12-14-34-2)27-25(31)32-15-20-18-9-5-3-7-16(18)17-8-4-6-10-19(17)20/h3-10,20-22H,11-15H2,1-2H3,(H,26,28)(H,27,31)(H,29,30)/t21-,22+/m0/s1. The molecule has 2 atom stereocenters. The molecule has 0 radical (unpaired) electrons. The first-order chi connectivity index (χ1) is 16.5. The summed E-state index contributed by atoms with van der Waals surface area (Å²) in [6.07, 6.45) is 3.76. The average molecular weight is 503 g/mol. The van der Waals surface area contributed by atoms with E-state index in [1.54, 1.807) is 11.8 Å². The maximum Gasteiger partial charge on any atom is 0.407 e. The predicted octanol–water partition coefficient (Wildman–Crippen LogP) is 3.97. The summed E-state index contributed by atoms with van der Waals surface area (Å²) in [7, 11) is 0. The third-order valence-electron chi connectivity index (χ3n) is 5.79. The van der Waals surface area contributed by atoms with Gasteiger partial charge in [0, 0.05) is 5.92 Å². The quantitative estimate of drug-likeness (QED) is 0.403. The van der Waals surface area contributed by atoms with Gasteiger partial charge in [-0.15, -0.1) is 0 Å². The van der Waals surface area contributed by atoms with E-state index in [2.05, 4.69) is 22.8 Å². The Morgan fingerprint density at radius 3 is 1.94 bits per heavy atom. The molecule has 0 saturated carbocycles. The van der Waals surface area contributed by atoms with E-state index in [-0.39, 0.29) is 12.5 Å². The van der Waals surface area contributed by atoms with Gasteiger partial charge >= 0.3 is 12.1 Å². The Hall–Kier alpha value is -2.65. The van der Waals surface area contributed by atoms with Crippen LogP contribution in [0.2, 0.25) is 0 Å². The largest absolute Gasteiger partial charge is 0.480 e. The van der Waals surface area contributed by atoms with Gasteiger partial charge in [-0.2, -0.15) is 23.5 Å². The second-order valence-corrected chi connectivity index (χ2v) is 9.96. The lowest BCUT2D eigenvalue weighted by Gasteiger charge is -2.22. The monoisotopic (exact) mass is 502 g/mol. The highest BCUT2D eigenvalue weighted by Gasteiger charge is 2.30. The molecule has 1 aliphatic carbocycles. The zero-order valence-electron chi connectivity index (χ0n) is 19.3. The molecule has 182 valence electrons. The van der Waals surface area contributed by atoms with Crippen molar-refractivity contribution in [3.63, 3.8) is 0 Å². The van der Waals surface area contributed by atoms with Crippen LogP contribution in [-0.2, 0) is 14.3 Å². The van der Waals surface area contributed by atoms with E-state index in [0.29, 0.717) is 24.3 Å². The molecule has 0 aliphatic heterocycles. The molecule has 0 fully saturated rings. The van der Waals surface area contributed by atoms with Crippen LogP contribution in [-0.4, -0.2) is 65.8 Å². The van der Waals surface area contributed by atoms with E-state index >= 15 is 0 Å². The summed E-state index contributed by atoms with van der Waals surface area (Å²) in [5.74, 6) is -0.459. The second kappa shape index (κ2) is 12.7. The van der Waals surface area contributed by atoms with Gasteiger partial charge in [-0.05, 0) is 59.1 Å². The number of fused-ring (bicyclic) bond motifs is 3. The number of carboxylic acids is 1. The molecular weight excluding hydrogens is 472 g/mol. The van der Waals surface area contributed by atoms with Crippen LogP contribution in [0.4, 0.5) is 4.79 Å². The molecule has 2 amide bonds. The number of alkyl carbamates (subject to hydrolysis) is 1. The number of rotatable bonds is 12. The number of nitrogens with one attached hydrogen (secondary N) is 2. The molecule has 1 aliphatic rings. The van der Waals surface area contributed by atoms with Gasteiger partial charge in [-0.1, -0.05) is 48.5 Å². The van der Waals surface area contributed by atoms with Crippen LogP contribution in [0.1, 0.15) is 29.9 Å². The summed E-state index contributed by atoms with van der Waals surface area (Å²) in [5.41, 5.74) is 4.47. The maximum atomic E-state index is 12.8. The number of carboxylic acid groups (broad SMARTS) is 1. The van der Waals surface area contributed by atoms with Crippen LogP contribution in [0.15, 0.2) is 48.5 Å². The van der Waals surface area contributed by atoms with Crippen LogP contribution in [0.3, 0.4) is 0 Å². The van der Waals surface area contributed by atoms with Crippen molar-refractivity contribution >= 4 is 41.5 Å². The second-order valence-electron chi connectivity index (χ2n) is 7.98. The lowest BCUT2D eigenvalue weighted by molar-refractivity contribution is -0.142. The van der Waals surface area contributed by atoms with Crippen molar-refractivity contribution < 1.29 is 24.2 Å². The molecule has 9 heteroatoms. The Labute approximate surface area is 208 Å². The maximum absolute atomic E-state index is 12.8. The Bertz CT molecular complexity index is 971. The molecule has 2 aromatic rings. The fourth-order valence-electron chi connectivity index (χ4n) is 4.05.